The zero-order valence-corrected chi connectivity index (χ0v) is 10.3. The summed E-state index contributed by atoms with van der Waals surface area (Å²) in [5, 5.41) is 5.73. The van der Waals surface area contributed by atoms with Crippen molar-refractivity contribution in [2.24, 2.45) is 0 Å². The molecule has 3 nitrogen and oxygen atoms in total. The molecule has 0 aliphatic carbocycles. The van der Waals surface area contributed by atoms with Gasteiger partial charge in [-0.15, -0.1) is 0 Å². The predicted octanol–water partition coefficient (Wildman–Crippen LogP) is 1.95. The van der Waals surface area contributed by atoms with Crippen LogP contribution >= 0.6 is 0 Å². The van der Waals surface area contributed by atoms with E-state index in [0.29, 0.717) is 6.54 Å². The molecule has 3 heteroatoms. The zero-order chi connectivity index (χ0) is 11.8. The molecule has 0 aliphatic rings. The van der Waals surface area contributed by atoms with E-state index in [0.717, 1.165) is 13.1 Å². The molecule has 0 aliphatic heterocycles. The molecule has 0 spiro atoms. The highest BCUT2D eigenvalue weighted by Crippen LogP contribution is 1.64. The first-order valence-corrected chi connectivity index (χ1v) is 5.42. The van der Waals surface area contributed by atoms with Crippen molar-refractivity contribution in [1.82, 2.24) is 10.6 Å². The molecule has 0 saturated carbocycles. The molecule has 0 aromatic heterocycles. The van der Waals surface area contributed by atoms with Crippen LogP contribution in [0.25, 0.3) is 0 Å². The normalized spacial score (nSPS) is 7.21. The van der Waals surface area contributed by atoms with Crippen LogP contribution in [-0.4, -0.2) is 25.5 Å². The first-order chi connectivity index (χ1) is 6.81. The third-order valence-electron chi connectivity index (χ3n) is 1.04. The number of carbonyl (C=O) groups excluding carboxylic acids is 1. The molecule has 0 bridgehead atoms. The SMILES string of the molecule is C=CC(=O)NCCNCC.CC.CC. The van der Waals surface area contributed by atoms with Gasteiger partial charge in [-0.05, 0) is 12.6 Å². The summed E-state index contributed by atoms with van der Waals surface area (Å²) in [6.45, 7) is 15.8. The van der Waals surface area contributed by atoms with E-state index in [9.17, 15) is 4.79 Å². The Hall–Kier alpha value is -0.830. The highest BCUT2D eigenvalue weighted by molar-refractivity contribution is 5.86. The van der Waals surface area contributed by atoms with Gasteiger partial charge in [-0.25, -0.2) is 0 Å². The quantitative estimate of drug-likeness (QED) is 0.528. The second-order valence-corrected chi connectivity index (χ2v) is 1.85. The Morgan fingerprint density at radius 3 is 2.07 bits per heavy atom. The van der Waals surface area contributed by atoms with Crippen LogP contribution < -0.4 is 10.6 Å². The smallest absolute Gasteiger partial charge is 0.243 e. The van der Waals surface area contributed by atoms with Crippen LogP contribution in [0.2, 0.25) is 0 Å². The van der Waals surface area contributed by atoms with E-state index in [4.69, 9.17) is 0 Å². The van der Waals surface area contributed by atoms with E-state index in [-0.39, 0.29) is 5.91 Å². The van der Waals surface area contributed by atoms with Crippen molar-refractivity contribution in [2.75, 3.05) is 19.6 Å². The van der Waals surface area contributed by atoms with Crippen molar-refractivity contribution >= 4 is 5.91 Å². The van der Waals surface area contributed by atoms with Gasteiger partial charge in [0.1, 0.15) is 0 Å². The minimum Gasteiger partial charge on any atom is -0.351 e. The van der Waals surface area contributed by atoms with E-state index in [1.807, 2.05) is 34.6 Å². The van der Waals surface area contributed by atoms with Crippen LogP contribution in [0.3, 0.4) is 0 Å². The van der Waals surface area contributed by atoms with Gasteiger partial charge in [0.25, 0.3) is 0 Å². The van der Waals surface area contributed by atoms with E-state index >= 15 is 0 Å². The summed E-state index contributed by atoms with van der Waals surface area (Å²) < 4.78 is 0. The maximum Gasteiger partial charge on any atom is 0.243 e. The first-order valence-electron chi connectivity index (χ1n) is 5.42. The minimum atomic E-state index is -0.113. The Balaban J connectivity index is -0.000000266. The first kappa shape index (κ1) is 18.9. The van der Waals surface area contributed by atoms with Gasteiger partial charge in [0.2, 0.25) is 5.91 Å². The highest BCUT2D eigenvalue weighted by atomic mass is 16.1. The van der Waals surface area contributed by atoms with Crippen LogP contribution in [0.4, 0.5) is 0 Å². The number of amides is 1. The summed E-state index contributed by atoms with van der Waals surface area (Å²) in [6.07, 6.45) is 1.27. The molecule has 0 aromatic rings. The Bertz CT molecular complexity index is 114. The average molecular weight is 202 g/mol. The molecule has 0 unspecified atom stereocenters. The maximum atomic E-state index is 10.5. The molecule has 0 saturated heterocycles. The largest absolute Gasteiger partial charge is 0.351 e. The number of carbonyl (C=O) groups is 1. The standard InChI is InChI=1S/C7H14N2O.2C2H6/c1-3-7(10)9-6-5-8-4-2;2*1-2/h3,8H,1,4-6H2,2H3,(H,9,10);2*1-2H3. The summed E-state index contributed by atoms with van der Waals surface area (Å²) >= 11 is 0. The summed E-state index contributed by atoms with van der Waals surface area (Å²) in [6, 6.07) is 0. The van der Waals surface area contributed by atoms with Gasteiger partial charge in [-0.2, -0.15) is 0 Å². The molecule has 0 rings (SSSR count). The number of rotatable bonds is 5. The van der Waals surface area contributed by atoms with Crippen LogP contribution in [0.5, 0.6) is 0 Å². The van der Waals surface area contributed by atoms with Crippen LogP contribution in [0.1, 0.15) is 34.6 Å². The van der Waals surface area contributed by atoms with Crippen molar-refractivity contribution in [1.29, 1.82) is 0 Å². The molecular formula is C11H26N2O. The highest BCUT2D eigenvalue weighted by Gasteiger charge is 1.89. The second-order valence-electron chi connectivity index (χ2n) is 1.85. The van der Waals surface area contributed by atoms with E-state index in [1.54, 1.807) is 0 Å². The Kier molecular flexibility index (Phi) is 30.6. The molecule has 0 heterocycles. The molecule has 0 aromatic carbocycles. The number of nitrogens with one attached hydrogen (secondary N) is 2. The van der Waals surface area contributed by atoms with Crippen molar-refractivity contribution in [3.05, 3.63) is 12.7 Å². The predicted molar refractivity (Wildman–Crippen MR) is 64.4 cm³/mol. The lowest BCUT2D eigenvalue weighted by Gasteiger charge is -2.01. The molecule has 0 fully saturated rings. The molecule has 0 atom stereocenters. The fourth-order valence-corrected chi connectivity index (χ4v) is 0.523. The number of hydrogen-bond donors (Lipinski definition) is 2. The van der Waals surface area contributed by atoms with Crippen LogP contribution in [0.15, 0.2) is 12.7 Å². The molecule has 14 heavy (non-hydrogen) atoms. The summed E-state index contributed by atoms with van der Waals surface area (Å²) in [4.78, 5) is 10.5. The fourth-order valence-electron chi connectivity index (χ4n) is 0.523. The van der Waals surface area contributed by atoms with E-state index in [1.165, 1.54) is 6.08 Å². The van der Waals surface area contributed by atoms with Crippen LogP contribution in [-0.2, 0) is 4.79 Å². The number of hydrogen-bond acceptors (Lipinski definition) is 2. The lowest BCUT2D eigenvalue weighted by Crippen LogP contribution is -2.30. The fraction of sp³-hybridized carbons (Fsp3) is 0.727. The van der Waals surface area contributed by atoms with Crippen LogP contribution in [0, 0.1) is 0 Å². The van der Waals surface area contributed by atoms with Gasteiger partial charge in [-0.1, -0.05) is 41.2 Å². The summed E-state index contributed by atoms with van der Waals surface area (Å²) in [7, 11) is 0. The van der Waals surface area contributed by atoms with E-state index in [2.05, 4.69) is 17.2 Å². The zero-order valence-electron chi connectivity index (χ0n) is 10.3. The van der Waals surface area contributed by atoms with Crippen molar-refractivity contribution in [3.8, 4) is 0 Å². The van der Waals surface area contributed by atoms with Gasteiger partial charge in [0.15, 0.2) is 0 Å². The van der Waals surface area contributed by atoms with Crippen molar-refractivity contribution in [3.63, 3.8) is 0 Å². The topological polar surface area (TPSA) is 41.1 Å². The Labute approximate surface area is 89.0 Å². The average Bonchev–Trinajstić information content (AvgIpc) is 2.29. The van der Waals surface area contributed by atoms with Gasteiger partial charge in [0.05, 0.1) is 0 Å². The maximum absolute atomic E-state index is 10.5. The molecule has 1 amide bonds. The minimum absolute atomic E-state index is 0.113. The van der Waals surface area contributed by atoms with Gasteiger partial charge in [-0.3, -0.25) is 4.79 Å². The number of likely N-dealkylation sites (N-methyl/N-ethyl adjacent to an activating group) is 1. The lowest BCUT2D eigenvalue weighted by atomic mass is 10.5. The summed E-state index contributed by atoms with van der Waals surface area (Å²) in [5.41, 5.74) is 0. The third-order valence-corrected chi connectivity index (χ3v) is 1.04. The second kappa shape index (κ2) is 22.7. The van der Waals surface area contributed by atoms with Crippen molar-refractivity contribution < 1.29 is 4.79 Å². The Morgan fingerprint density at radius 2 is 1.71 bits per heavy atom. The monoisotopic (exact) mass is 202 g/mol. The lowest BCUT2D eigenvalue weighted by molar-refractivity contribution is -0.116. The third kappa shape index (κ3) is 22.5. The van der Waals surface area contributed by atoms with Gasteiger partial charge >= 0.3 is 0 Å². The van der Waals surface area contributed by atoms with Gasteiger partial charge < -0.3 is 10.6 Å². The molecule has 86 valence electrons. The summed E-state index contributed by atoms with van der Waals surface area (Å²) in [5.74, 6) is -0.113. The van der Waals surface area contributed by atoms with Crippen molar-refractivity contribution in [2.45, 2.75) is 34.6 Å². The molecular weight excluding hydrogens is 176 g/mol. The van der Waals surface area contributed by atoms with E-state index < -0.39 is 0 Å². The molecule has 2 N–H and O–H groups in total. The Morgan fingerprint density at radius 1 is 1.21 bits per heavy atom. The van der Waals surface area contributed by atoms with Gasteiger partial charge in [0, 0.05) is 13.1 Å². The molecule has 0 radical (unpaired) electrons.